The maximum Gasteiger partial charge on any atom is 1.00 e. The molecule has 1 aromatic heterocycles. The molecule has 2 rings (SSSR count). The molecular formula is C13H16N5NaO8S2. The average Bonchev–Trinajstić information content (AvgIpc) is 3.04. The molecule has 0 aromatic carbocycles. The van der Waals surface area contributed by atoms with E-state index in [9.17, 15) is 27.4 Å². The fraction of sp³-hybridized carbons (Fsp3) is 0.462. The van der Waals surface area contributed by atoms with Crippen LogP contribution in [0.25, 0.3) is 0 Å². The van der Waals surface area contributed by atoms with Gasteiger partial charge in [-0.05, 0) is 6.42 Å². The van der Waals surface area contributed by atoms with Crippen LogP contribution in [0.5, 0.6) is 0 Å². The van der Waals surface area contributed by atoms with Crippen molar-refractivity contribution in [3.63, 3.8) is 0 Å². The fourth-order valence-corrected chi connectivity index (χ4v) is 3.58. The molecule has 0 unspecified atom stereocenters. The van der Waals surface area contributed by atoms with Crippen LogP contribution < -0.4 is 40.6 Å². The summed E-state index contributed by atoms with van der Waals surface area (Å²) in [4.78, 5) is 45.2. The number of nitrogens with one attached hydrogen (secondary N) is 1. The molecule has 1 aromatic rings. The number of carbonyl (C=O) groups is 3. The zero-order chi connectivity index (χ0) is 21.1. The monoisotopic (exact) mass is 457 g/mol. The van der Waals surface area contributed by atoms with E-state index in [0.717, 1.165) is 18.4 Å². The Balaban J connectivity index is 0.00000420. The predicted molar refractivity (Wildman–Crippen MR) is 93.6 cm³/mol. The number of esters is 1. The number of nitrogen functional groups attached to an aromatic ring is 1. The summed E-state index contributed by atoms with van der Waals surface area (Å²) in [7, 11) is -4.34. The van der Waals surface area contributed by atoms with Crippen LogP contribution in [0.2, 0.25) is 0 Å². The number of ether oxygens (including phenoxy) is 1. The number of nitrogens with zero attached hydrogens (tertiary/aromatic N) is 3. The number of methoxy groups -OCH3 is 1. The van der Waals surface area contributed by atoms with Gasteiger partial charge in [-0.25, -0.2) is 22.5 Å². The van der Waals surface area contributed by atoms with Crippen molar-refractivity contribution in [2.24, 2.45) is 5.16 Å². The van der Waals surface area contributed by atoms with E-state index in [4.69, 9.17) is 10.6 Å². The Bertz CT molecular complexity index is 918. The minimum Gasteiger partial charge on any atom is -0.731 e. The Morgan fingerprint density at radius 3 is 2.62 bits per heavy atom. The van der Waals surface area contributed by atoms with Gasteiger partial charge in [0.25, 0.3) is 11.8 Å². The molecule has 154 valence electrons. The molecule has 3 N–H and O–H groups in total. The summed E-state index contributed by atoms with van der Waals surface area (Å²) in [5, 5.41) is 7.37. The molecule has 0 aliphatic carbocycles. The van der Waals surface area contributed by atoms with Gasteiger partial charge in [0.2, 0.25) is 0 Å². The largest absolute Gasteiger partial charge is 1.00 e. The van der Waals surface area contributed by atoms with Crippen molar-refractivity contribution in [1.82, 2.24) is 14.6 Å². The molecule has 29 heavy (non-hydrogen) atoms. The molecule has 2 atom stereocenters. The number of oxime groups is 1. The summed E-state index contributed by atoms with van der Waals surface area (Å²) in [5.74, 6) is -3.47. The van der Waals surface area contributed by atoms with Crippen LogP contribution in [0.1, 0.15) is 19.0 Å². The summed E-state index contributed by atoms with van der Waals surface area (Å²) in [6.45, 7) is 1.99. The molecule has 16 heteroatoms. The zero-order valence-electron chi connectivity index (χ0n) is 15.6. The molecular weight excluding hydrogens is 441 g/mol. The van der Waals surface area contributed by atoms with Gasteiger partial charge in [-0.1, -0.05) is 12.1 Å². The Morgan fingerprint density at radius 1 is 1.48 bits per heavy atom. The molecule has 2 heterocycles. The second kappa shape index (κ2) is 10.3. The number of amides is 2. The van der Waals surface area contributed by atoms with Gasteiger partial charge in [0.1, 0.15) is 18.3 Å². The molecule has 0 saturated carbocycles. The van der Waals surface area contributed by atoms with Crippen molar-refractivity contribution in [2.45, 2.75) is 25.4 Å². The molecule has 0 bridgehead atoms. The molecule has 1 aliphatic rings. The van der Waals surface area contributed by atoms with Crippen molar-refractivity contribution in [3.05, 3.63) is 11.1 Å². The van der Waals surface area contributed by atoms with Crippen molar-refractivity contribution >= 4 is 50.3 Å². The Labute approximate surface area is 191 Å². The topological polar surface area (TPSA) is 193 Å². The summed E-state index contributed by atoms with van der Waals surface area (Å²) in [6, 6.07) is -3.47. The minimum atomic E-state index is -5.28. The van der Waals surface area contributed by atoms with Crippen molar-refractivity contribution in [3.8, 4) is 0 Å². The van der Waals surface area contributed by atoms with Crippen molar-refractivity contribution in [2.75, 3.05) is 19.5 Å². The third-order valence-electron chi connectivity index (χ3n) is 3.45. The molecule has 1 saturated heterocycles. The number of rotatable bonds is 8. The number of nitrogens with two attached hydrogens (primary N) is 1. The first-order chi connectivity index (χ1) is 13.1. The smallest absolute Gasteiger partial charge is 0.731 e. The van der Waals surface area contributed by atoms with Crippen LogP contribution in [0, 0.1) is 0 Å². The number of hydrogen-bond donors (Lipinski definition) is 2. The van der Waals surface area contributed by atoms with Gasteiger partial charge in [0.15, 0.2) is 27.2 Å². The van der Waals surface area contributed by atoms with E-state index in [1.165, 1.54) is 5.38 Å². The number of β-lactam (4-membered cyclic amide) rings is 1. The molecule has 0 spiro atoms. The van der Waals surface area contributed by atoms with Gasteiger partial charge >= 0.3 is 35.5 Å². The molecule has 2 amide bonds. The summed E-state index contributed by atoms with van der Waals surface area (Å²) < 4.78 is 37.7. The third kappa shape index (κ3) is 5.64. The zero-order valence-corrected chi connectivity index (χ0v) is 19.3. The average molecular weight is 457 g/mol. The van der Waals surface area contributed by atoms with E-state index < -0.39 is 40.2 Å². The van der Waals surface area contributed by atoms with E-state index in [1.54, 1.807) is 0 Å². The quantitative estimate of drug-likeness (QED) is 0.0727. The first kappa shape index (κ1) is 25.3. The van der Waals surface area contributed by atoms with Gasteiger partial charge in [0, 0.05) is 5.38 Å². The van der Waals surface area contributed by atoms with Crippen LogP contribution >= 0.6 is 11.3 Å². The first-order valence-electron chi connectivity index (χ1n) is 7.70. The molecule has 1 aliphatic heterocycles. The van der Waals surface area contributed by atoms with Crippen LogP contribution in [0.4, 0.5) is 5.13 Å². The van der Waals surface area contributed by atoms with E-state index in [2.05, 4.69) is 20.2 Å². The summed E-state index contributed by atoms with van der Waals surface area (Å²) in [5.41, 5.74) is 5.24. The van der Waals surface area contributed by atoms with Crippen LogP contribution in [0.3, 0.4) is 0 Å². The molecule has 1 fully saturated rings. The first-order valence-corrected chi connectivity index (χ1v) is 9.95. The van der Waals surface area contributed by atoms with Crippen molar-refractivity contribution < 1.29 is 66.5 Å². The summed E-state index contributed by atoms with van der Waals surface area (Å²) in [6.07, 6.45) is 0.597. The minimum absolute atomic E-state index is 0. The van der Waals surface area contributed by atoms with Gasteiger partial charge < -0.3 is 25.2 Å². The SMILES string of the molecule is CCCO/N=C(\C(=O)N[C@H]1C(=O)N(S(=O)(=O)[O-])[C@H]1C(=O)OC)c1csc(N)n1.[Na+]. The molecule has 13 nitrogen and oxygen atoms in total. The van der Waals surface area contributed by atoms with Crippen molar-refractivity contribution in [1.29, 1.82) is 0 Å². The maximum atomic E-state index is 12.6. The Hall–Kier alpha value is -1.78. The van der Waals surface area contributed by atoms with Crippen LogP contribution in [-0.4, -0.2) is 71.6 Å². The second-order valence-corrected chi connectivity index (χ2v) is 7.49. The van der Waals surface area contributed by atoms with Gasteiger partial charge in [-0.2, -0.15) is 0 Å². The Kier molecular flexibility index (Phi) is 8.98. The third-order valence-corrected chi connectivity index (χ3v) is 5.02. The number of anilines is 1. The standard InChI is InChI=1S/C13H17N5O8S2.Na/c1-3-4-26-17-7(6-5-27-13(14)15-6)10(19)16-8-9(12(21)25-2)18(11(8)20)28(22,23)24;/h5,8-9H,3-4H2,1-2H3,(H2,14,15)(H,16,19)(H,22,23,24);/q;+1/p-1/b17-7-;/t8-,9-;/m1./s1. The van der Waals surface area contributed by atoms with Gasteiger partial charge in [-0.15, -0.1) is 11.3 Å². The van der Waals surface area contributed by atoms with E-state index in [1.807, 2.05) is 6.92 Å². The molecule has 0 radical (unpaired) electrons. The summed E-state index contributed by atoms with van der Waals surface area (Å²) >= 11 is 1.02. The number of carbonyl (C=O) groups excluding carboxylic acids is 3. The van der Waals surface area contributed by atoms with E-state index >= 15 is 0 Å². The van der Waals surface area contributed by atoms with E-state index in [-0.39, 0.29) is 57.0 Å². The van der Waals surface area contributed by atoms with Gasteiger partial charge in [-0.3, -0.25) is 9.59 Å². The fourth-order valence-electron chi connectivity index (χ4n) is 2.22. The van der Waals surface area contributed by atoms with Crippen LogP contribution in [0.15, 0.2) is 10.5 Å². The Morgan fingerprint density at radius 2 is 2.14 bits per heavy atom. The number of hydrogen-bond acceptors (Lipinski definition) is 12. The second-order valence-electron chi connectivity index (χ2n) is 5.35. The maximum absolute atomic E-state index is 12.6. The predicted octanol–water partition coefficient (Wildman–Crippen LogP) is -4.81. The van der Waals surface area contributed by atoms with Gasteiger partial charge in [0.05, 0.1) is 7.11 Å². The normalized spacial score (nSPS) is 19.1. The van der Waals surface area contributed by atoms with Crippen LogP contribution in [-0.2, 0) is 34.3 Å². The number of aromatic nitrogens is 1. The van der Waals surface area contributed by atoms with E-state index in [0.29, 0.717) is 6.42 Å². The number of thiazole rings is 1.